The molecule has 2 heterocycles. The lowest BCUT2D eigenvalue weighted by Gasteiger charge is -2.11. The average Bonchev–Trinajstić information content (AvgIpc) is 3.17. The van der Waals surface area contributed by atoms with E-state index in [2.05, 4.69) is 35.7 Å². The molecule has 0 radical (unpaired) electrons. The summed E-state index contributed by atoms with van der Waals surface area (Å²) in [6.45, 7) is 10.3. The molecule has 0 aliphatic rings. The van der Waals surface area contributed by atoms with E-state index in [0.717, 1.165) is 21.0 Å². The summed E-state index contributed by atoms with van der Waals surface area (Å²) in [5, 5.41) is 1.06. The average molecular weight is 424 g/mol. The monoisotopic (exact) mass is 423 g/mol. The van der Waals surface area contributed by atoms with Crippen LogP contribution >= 0.6 is 11.3 Å². The second kappa shape index (κ2) is 8.85. The standard InChI is InChI=1S/C24H26FN3OS/c1-15(2)23-28-13-21(30-23)17-11-20(22(26)27-12-17)29-14-18-10-16(6-7-19(18)25)8-9-24(3,4)5/h6-7,10-13,15H,14H2,1-5H3,(H2,26,27). The summed E-state index contributed by atoms with van der Waals surface area (Å²) in [6, 6.07) is 6.61. The smallest absolute Gasteiger partial charge is 0.166 e. The minimum atomic E-state index is -0.344. The molecule has 0 aliphatic heterocycles. The highest BCUT2D eigenvalue weighted by atomic mass is 32.1. The van der Waals surface area contributed by atoms with Gasteiger partial charge in [0.1, 0.15) is 12.4 Å². The molecule has 0 amide bonds. The van der Waals surface area contributed by atoms with E-state index in [-0.39, 0.29) is 23.7 Å². The molecule has 0 spiro atoms. The molecule has 0 unspecified atom stereocenters. The topological polar surface area (TPSA) is 61.0 Å². The van der Waals surface area contributed by atoms with Crippen LogP contribution in [-0.2, 0) is 6.61 Å². The molecule has 2 N–H and O–H groups in total. The summed E-state index contributed by atoms with van der Waals surface area (Å²) in [7, 11) is 0. The van der Waals surface area contributed by atoms with Crippen molar-refractivity contribution in [2.24, 2.45) is 5.41 Å². The highest BCUT2D eigenvalue weighted by molar-refractivity contribution is 7.15. The van der Waals surface area contributed by atoms with Gasteiger partial charge in [0.05, 0.1) is 9.88 Å². The normalized spacial score (nSPS) is 11.3. The predicted molar refractivity (Wildman–Crippen MR) is 121 cm³/mol. The van der Waals surface area contributed by atoms with Crippen molar-refractivity contribution < 1.29 is 9.13 Å². The number of hydrogen-bond acceptors (Lipinski definition) is 5. The number of nitrogens with zero attached hydrogens (tertiary/aromatic N) is 2. The largest absolute Gasteiger partial charge is 0.485 e. The van der Waals surface area contributed by atoms with Crippen LogP contribution in [0.15, 0.2) is 36.7 Å². The van der Waals surface area contributed by atoms with Gasteiger partial charge in [-0.3, -0.25) is 0 Å². The van der Waals surface area contributed by atoms with Gasteiger partial charge in [-0.05, 0) is 45.0 Å². The molecule has 6 heteroatoms. The minimum absolute atomic E-state index is 0.0339. The number of rotatable bonds is 5. The van der Waals surface area contributed by atoms with Crippen LogP contribution in [0.4, 0.5) is 10.2 Å². The van der Waals surface area contributed by atoms with Crippen molar-refractivity contribution in [2.75, 3.05) is 5.73 Å². The molecule has 0 atom stereocenters. The lowest BCUT2D eigenvalue weighted by Crippen LogP contribution is -2.03. The molecule has 0 aliphatic carbocycles. The van der Waals surface area contributed by atoms with E-state index >= 15 is 0 Å². The number of nitrogens with two attached hydrogens (primary N) is 1. The number of thiazole rings is 1. The maximum atomic E-state index is 14.3. The van der Waals surface area contributed by atoms with Crippen molar-refractivity contribution in [1.82, 2.24) is 9.97 Å². The second-order valence-corrected chi connectivity index (χ2v) is 9.48. The van der Waals surface area contributed by atoms with E-state index in [1.165, 1.54) is 6.07 Å². The lowest BCUT2D eigenvalue weighted by molar-refractivity contribution is 0.300. The Kier molecular flexibility index (Phi) is 6.42. The Morgan fingerprint density at radius 2 is 1.93 bits per heavy atom. The SMILES string of the molecule is CC(C)c1ncc(-c2cnc(N)c(OCc3cc(C#CC(C)(C)C)ccc3F)c2)s1. The highest BCUT2D eigenvalue weighted by Crippen LogP contribution is 2.33. The third-order valence-electron chi connectivity index (χ3n) is 4.19. The van der Waals surface area contributed by atoms with Crippen molar-refractivity contribution in [2.45, 2.75) is 47.1 Å². The van der Waals surface area contributed by atoms with Gasteiger partial charge in [-0.1, -0.05) is 25.7 Å². The Morgan fingerprint density at radius 1 is 1.17 bits per heavy atom. The number of ether oxygens (including phenoxy) is 1. The fourth-order valence-corrected chi connectivity index (χ4v) is 3.47. The quantitative estimate of drug-likeness (QED) is 0.509. The van der Waals surface area contributed by atoms with E-state index < -0.39 is 0 Å². The van der Waals surface area contributed by atoms with E-state index in [9.17, 15) is 4.39 Å². The Labute approximate surface area is 181 Å². The van der Waals surface area contributed by atoms with Crippen LogP contribution in [0.3, 0.4) is 0 Å². The maximum Gasteiger partial charge on any atom is 0.166 e. The third kappa shape index (κ3) is 5.58. The van der Waals surface area contributed by atoms with Gasteiger partial charge in [0.25, 0.3) is 0 Å². The Hall–Kier alpha value is -2.91. The van der Waals surface area contributed by atoms with Gasteiger partial charge in [-0.25, -0.2) is 14.4 Å². The first-order chi connectivity index (χ1) is 14.1. The fourth-order valence-electron chi connectivity index (χ4n) is 2.57. The van der Waals surface area contributed by atoms with Crippen LogP contribution in [0.25, 0.3) is 10.4 Å². The van der Waals surface area contributed by atoms with Crippen LogP contribution in [0, 0.1) is 23.1 Å². The van der Waals surface area contributed by atoms with Crippen molar-refractivity contribution in [3.05, 3.63) is 58.6 Å². The molecule has 0 saturated heterocycles. The molecule has 3 aromatic rings. The molecule has 2 aromatic heterocycles. The number of benzene rings is 1. The number of halogens is 1. The number of hydrogen-bond donors (Lipinski definition) is 1. The Morgan fingerprint density at radius 3 is 2.60 bits per heavy atom. The van der Waals surface area contributed by atoms with Gasteiger partial charge in [-0.15, -0.1) is 11.3 Å². The summed E-state index contributed by atoms with van der Waals surface area (Å²) in [4.78, 5) is 9.67. The van der Waals surface area contributed by atoms with Crippen LogP contribution in [-0.4, -0.2) is 9.97 Å². The fraction of sp³-hybridized carbons (Fsp3) is 0.333. The van der Waals surface area contributed by atoms with Gasteiger partial charge in [0.15, 0.2) is 11.6 Å². The molecule has 0 saturated carbocycles. The van der Waals surface area contributed by atoms with Crippen molar-refractivity contribution in [3.8, 4) is 28.0 Å². The van der Waals surface area contributed by atoms with E-state index in [4.69, 9.17) is 10.5 Å². The van der Waals surface area contributed by atoms with Gasteiger partial charge >= 0.3 is 0 Å². The van der Waals surface area contributed by atoms with E-state index in [1.54, 1.807) is 29.7 Å². The summed E-state index contributed by atoms with van der Waals surface area (Å²) in [5.41, 5.74) is 7.89. The zero-order valence-corrected chi connectivity index (χ0v) is 18.7. The second-order valence-electron chi connectivity index (χ2n) is 8.42. The molecule has 1 aromatic carbocycles. The third-order valence-corrected chi connectivity index (χ3v) is 5.54. The Bertz CT molecular complexity index is 1100. The van der Waals surface area contributed by atoms with Crippen molar-refractivity contribution in [3.63, 3.8) is 0 Å². The van der Waals surface area contributed by atoms with Crippen LogP contribution in [0.2, 0.25) is 0 Å². The van der Waals surface area contributed by atoms with Gasteiger partial charge in [0, 0.05) is 40.4 Å². The van der Waals surface area contributed by atoms with Gasteiger partial charge in [0.2, 0.25) is 0 Å². The van der Waals surface area contributed by atoms with Crippen LogP contribution < -0.4 is 10.5 Å². The zero-order valence-electron chi connectivity index (χ0n) is 17.9. The number of nitrogen functional groups attached to an aromatic ring is 1. The first-order valence-electron chi connectivity index (χ1n) is 9.78. The number of aromatic nitrogens is 2. The number of pyridine rings is 1. The maximum absolute atomic E-state index is 14.3. The molecule has 30 heavy (non-hydrogen) atoms. The van der Waals surface area contributed by atoms with Crippen LogP contribution in [0.5, 0.6) is 5.75 Å². The summed E-state index contributed by atoms with van der Waals surface area (Å²) < 4.78 is 20.1. The first kappa shape index (κ1) is 21.8. The highest BCUT2D eigenvalue weighted by Gasteiger charge is 2.12. The molecule has 3 rings (SSSR count). The van der Waals surface area contributed by atoms with Crippen molar-refractivity contribution >= 4 is 17.2 Å². The molecular weight excluding hydrogens is 397 g/mol. The predicted octanol–water partition coefficient (Wildman–Crippen LogP) is 6.03. The van der Waals surface area contributed by atoms with Crippen molar-refractivity contribution in [1.29, 1.82) is 0 Å². The van der Waals surface area contributed by atoms with Gasteiger partial charge < -0.3 is 10.5 Å². The Balaban J connectivity index is 1.81. The van der Waals surface area contributed by atoms with E-state index in [1.807, 2.05) is 33.0 Å². The van der Waals surface area contributed by atoms with Gasteiger partial charge in [-0.2, -0.15) is 0 Å². The summed E-state index contributed by atoms with van der Waals surface area (Å²) in [5.74, 6) is 6.93. The molecule has 4 nitrogen and oxygen atoms in total. The first-order valence-corrected chi connectivity index (χ1v) is 10.6. The summed E-state index contributed by atoms with van der Waals surface area (Å²) >= 11 is 1.61. The zero-order chi connectivity index (χ0) is 21.9. The summed E-state index contributed by atoms with van der Waals surface area (Å²) in [6.07, 6.45) is 3.52. The lowest BCUT2D eigenvalue weighted by atomic mass is 9.97. The van der Waals surface area contributed by atoms with Crippen LogP contribution in [0.1, 0.15) is 56.7 Å². The minimum Gasteiger partial charge on any atom is -0.485 e. The molecule has 156 valence electrons. The molecule has 0 bridgehead atoms. The molecular formula is C24H26FN3OS. The number of anilines is 1. The molecule has 0 fully saturated rings. The van der Waals surface area contributed by atoms with E-state index in [0.29, 0.717) is 17.2 Å².